The Balaban J connectivity index is 2.25. The lowest BCUT2D eigenvalue weighted by Gasteiger charge is -2.11. The lowest BCUT2D eigenvalue weighted by atomic mass is 10.2. The normalized spacial score (nSPS) is 11.1. The van der Waals surface area contributed by atoms with Gasteiger partial charge in [0.25, 0.3) is 0 Å². The molecule has 0 radical (unpaired) electrons. The van der Waals surface area contributed by atoms with E-state index in [2.05, 4.69) is 35.6 Å². The SMILES string of the molecule is CCCOCCCn1ccnc1NCC(C)C. The Morgan fingerprint density at radius 1 is 1.41 bits per heavy atom. The molecule has 0 unspecified atom stereocenters. The monoisotopic (exact) mass is 239 g/mol. The molecule has 98 valence electrons. The Morgan fingerprint density at radius 2 is 2.24 bits per heavy atom. The molecule has 1 rings (SSSR count). The van der Waals surface area contributed by atoms with Crippen LogP contribution in [0.1, 0.15) is 33.6 Å². The van der Waals surface area contributed by atoms with Gasteiger partial charge in [0.15, 0.2) is 0 Å². The quantitative estimate of drug-likeness (QED) is 0.673. The summed E-state index contributed by atoms with van der Waals surface area (Å²) in [5.41, 5.74) is 0. The zero-order valence-electron chi connectivity index (χ0n) is 11.3. The molecule has 0 aliphatic rings. The summed E-state index contributed by atoms with van der Waals surface area (Å²) in [6.07, 6.45) is 5.98. The molecule has 0 aromatic carbocycles. The Labute approximate surface area is 104 Å². The molecule has 1 aromatic rings. The van der Waals surface area contributed by atoms with E-state index in [-0.39, 0.29) is 0 Å². The molecule has 17 heavy (non-hydrogen) atoms. The first-order valence-electron chi connectivity index (χ1n) is 6.56. The van der Waals surface area contributed by atoms with Gasteiger partial charge in [-0.25, -0.2) is 4.98 Å². The van der Waals surface area contributed by atoms with Crippen LogP contribution in [-0.2, 0) is 11.3 Å². The van der Waals surface area contributed by atoms with Gasteiger partial charge in [-0.1, -0.05) is 20.8 Å². The lowest BCUT2D eigenvalue weighted by molar-refractivity contribution is 0.129. The predicted molar refractivity (Wildman–Crippen MR) is 71.3 cm³/mol. The first-order chi connectivity index (χ1) is 8.24. The minimum Gasteiger partial charge on any atom is -0.381 e. The molecule has 1 aromatic heterocycles. The topological polar surface area (TPSA) is 39.1 Å². The van der Waals surface area contributed by atoms with Gasteiger partial charge in [-0.15, -0.1) is 0 Å². The van der Waals surface area contributed by atoms with Crippen molar-refractivity contribution in [3.8, 4) is 0 Å². The number of rotatable bonds is 9. The maximum Gasteiger partial charge on any atom is 0.202 e. The smallest absolute Gasteiger partial charge is 0.202 e. The third-order valence-electron chi connectivity index (χ3n) is 2.42. The third-order valence-corrected chi connectivity index (χ3v) is 2.42. The highest BCUT2D eigenvalue weighted by Gasteiger charge is 2.02. The van der Waals surface area contributed by atoms with Crippen molar-refractivity contribution in [3.05, 3.63) is 12.4 Å². The number of nitrogens with one attached hydrogen (secondary N) is 1. The van der Waals surface area contributed by atoms with Gasteiger partial charge in [0.2, 0.25) is 5.95 Å². The standard InChI is InChI=1S/C13H25N3O/c1-4-9-17-10-5-7-16-8-6-14-13(16)15-11-12(2)3/h6,8,12H,4-5,7,9-11H2,1-3H3,(H,14,15). The number of anilines is 1. The Kier molecular flexibility index (Phi) is 6.70. The van der Waals surface area contributed by atoms with Gasteiger partial charge in [0, 0.05) is 38.7 Å². The molecule has 4 nitrogen and oxygen atoms in total. The van der Waals surface area contributed by atoms with E-state index in [1.807, 2.05) is 12.4 Å². The summed E-state index contributed by atoms with van der Waals surface area (Å²) in [5.74, 6) is 1.60. The maximum atomic E-state index is 5.47. The van der Waals surface area contributed by atoms with Crippen LogP contribution >= 0.6 is 0 Å². The predicted octanol–water partition coefficient (Wildman–Crippen LogP) is 2.77. The van der Waals surface area contributed by atoms with E-state index in [1.54, 1.807) is 0 Å². The lowest BCUT2D eigenvalue weighted by Crippen LogP contribution is -2.13. The van der Waals surface area contributed by atoms with E-state index < -0.39 is 0 Å². The van der Waals surface area contributed by atoms with Crippen LogP contribution in [0.5, 0.6) is 0 Å². The fourth-order valence-electron chi connectivity index (χ4n) is 1.54. The number of aryl methyl sites for hydroxylation is 1. The molecule has 0 spiro atoms. The summed E-state index contributed by atoms with van der Waals surface area (Å²) < 4.78 is 7.62. The fourth-order valence-corrected chi connectivity index (χ4v) is 1.54. The van der Waals surface area contributed by atoms with Crippen LogP contribution in [0, 0.1) is 5.92 Å². The highest BCUT2D eigenvalue weighted by molar-refractivity contribution is 5.25. The van der Waals surface area contributed by atoms with Gasteiger partial charge in [0.05, 0.1) is 0 Å². The van der Waals surface area contributed by atoms with Crippen LogP contribution in [0.15, 0.2) is 12.4 Å². The van der Waals surface area contributed by atoms with Crippen LogP contribution in [0.2, 0.25) is 0 Å². The zero-order valence-corrected chi connectivity index (χ0v) is 11.3. The molecule has 0 bridgehead atoms. The molecule has 1 N–H and O–H groups in total. The van der Waals surface area contributed by atoms with Gasteiger partial charge in [-0.05, 0) is 18.8 Å². The molecule has 0 aliphatic heterocycles. The van der Waals surface area contributed by atoms with E-state index in [9.17, 15) is 0 Å². The molecule has 0 saturated heterocycles. The Bertz CT molecular complexity index is 297. The summed E-state index contributed by atoms with van der Waals surface area (Å²) in [5, 5.41) is 3.36. The van der Waals surface area contributed by atoms with Crippen molar-refractivity contribution in [2.45, 2.75) is 40.2 Å². The number of aromatic nitrogens is 2. The van der Waals surface area contributed by atoms with Crippen LogP contribution in [0.4, 0.5) is 5.95 Å². The second-order valence-electron chi connectivity index (χ2n) is 4.68. The second-order valence-corrected chi connectivity index (χ2v) is 4.68. The fraction of sp³-hybridized carbons (Fsp3) is 0.769. The minimum atomic E-state index is 0.632. The van der Waals surface area contributed by atoms with E-state index in [0.717, 1.165) is 45.1 Å². The average Bonchev–Trinajstić information content (AvgIpc) is 2.73. The van der Waals surface area contributed by atoms with Gasteiger partial charge >= 0.3 is 0 Å². The van der Waals surface area contributed by atoms with Crippen molar-refractivity contribution in [2.24, 2.45) is 5.92 Å². The first-order valence-corrected chi connectivity index (χ1v) is 6.56. The Morgan fingerprint density at radius 3 is 2.94 bits per heavy atom. The van der Waals surface area contributed by atoms with Crippen molar-refractivity contribution in [1.82, 2.24) is 9.55 Å². The van der Waals surface area contributed by atoms with Crippen LogP contribution in [-0.4, -0.2) is 29.3 Å². The highest BCUT2D eigenvalue weighted by atomic mass is 16.5. The van der Waals surface area contributed by atoms with E-state index in [1.165, 1.54) is 0 Å². The second kappa shape index (κ2) is 8.12. The molecular weight excluding hydrogens is 214 g/mol. The third kappa shape index (κ3) is 5.73. The van der Waals surface area contributed by atoms with Crippen molar-refractivity contribution >= 4 is 5.95 Å². The van der Waals surface area contributed by atoms with E-state index in [4.69, 9.17) is 4.74 Å². The van der Waals surface area contributed by atoms with Gasteiger partial charge in [0.1, 0.15) is 0 Å². The van der Waals surface area contributed by atoms with Crippen LogP contribution in [0.25, 0.3) is 0 Å². The summed E-state index contributed by atoms with van der Waals surface area (Å²) in [6.45, 7) is 10.1. The van der Waals surface area contributed by atoms with E-state index >= 15 is 0 Å². The van der Waals surface area contributed by atoms with Crippen molar-refractivity contribution in [3.63, 3.8) is 0 Å². The molecule has 4 heteroatoms. The molecule has 1 heterocycles. The summed E-state index contributed by atoms with van der Waals surface area (Å²) in [6, 6.07) is 0. The molecule has 0 atom stereocenters. The van der Waals surface area contributed by atoms with E-state index in [0.29, 0.717) is 5.92 Å². The van der Waals surface area contributed by atoms with Crippen LogP contribution in [0.3, 0.4) is 0 Å². The molecule has 0 amide bonds. The van der Waals surface area contributed by atoms with Crippen LogP contribution < -0.4 is 5.32 Å². The molecule has 0 saturated carbocycles. The van der Waals surface area contributed by atoms with Gasteiger partial charge < -0.3 is 14.6 Å². The number of hydrogen-bond acceptors (Lipinski definition) is 3. The van der Waals surface area contributed by atoms with Crippen molar-refractivity contribution < 1.29 is 4.74 Å². The number of ether oxygens (including phenoxy) is 1. The zero-order chi connectivity index (χ0) is 12.5. The maximum absolute atomic E-state index is 5.47. The number of nitrogens with zero attached hydrogens (tertiary/aromatic N) is 2. The number of hydrogen-bond donors (Lipinski definition) is 1. The molecule has 0 aliphatic carbocycles. The summed E-state index contributed by atoms with van der Waals surface area (Å²) >= 11 is 0. The van der Waals surface area contributed by atoms with Gasteiger partial charge in [-0.2, -0.15) is 0 Å². The van der Waals surface area contributed by atoms with Crippen molar-refractivity contribution in [1.29, 1.82) is 0 Å². The first kappa shape index (κ1) is 14.0. The minimum absolute atomic E-state index is 0.632. The summed E-state index contributed by atoms with van der Waals surface area (Å²) in [4.78, 5) is 4.31. The average molecular weight is 239 g/mol. The Hall–Kier alpha value is -1.03. The largest absolute Gasteiger partial charge is 0.381 e. The molecular formula is C13H25N3O. The highest BCUT2D eigenvalue weighted by Crippen LogP contribution is 2.06. The number of imidazole rings is 1. The summed E-state index contributed by atoms with van der Waals surface area (Å²) in [7, 11) is 0. The molecule has 0 fully saturated rings. The van der Waals surface area contributed by atoms with Gasteiger partial charge in [-0.3, -0.25) is 0 Å². The van der Waals surface area contributed by atoms with Crippen molar-refractivity contribution in [2.75, 3.05) is 25.1 Å².